The van der Waals surface area contributed by atoms with E-state index >= 15 is 0 Å². The average Bonchev–Trinajstić information content (AvgIpc) is 2.88. The Balaban J connectivity index is 0.000000152. The van der Waals surface area contributed by atoms with Crippen molar-refractivity contribution in [1.82, 2.24) is 0 Å². The fourth-order valence-electron chi connectivity index (χ4n) is 4.71. The molecule has 6 rings (SSSR count). The summed E-state index contributed by atoms with van der Waals surface area (Å²) in [6.45, 7) is 13.3. The fourth-order valence-corrected chi connectivity index (χ4v) is 9.84. The normalized spacial score (nSPS) is 19.5. The van der Waals surface area contributed by atoms with Crippen molar-refractivity contribution in [2.45, 2.75) is 51.9 Å². The molecule has 4 aromatic rings. The van der Waals surface area contributed by atoms with Crippen LogP contribution in [0, 0.1) is 0 Å². The lowest BCUT2D eigenvalue weighted by Gasteiger charge is -2.40. The van der Waals surface area contributed by atoms with Gasteiger partial charge in [0, 0.05) is 32.0 Å². The Morgan fingerprint density at radius 1 is 0.595 bits per heavy atom. The minimum Gasteiger partial charge on any atom is -0.468 e. The second-order valence-corrected chi connectivity index (χ2v) is 18.6. The molecule has 2 heterocycles. The lowest BCUT2D eigenvalue weighted by Crippen LogP contribution is -2.29. The van der Waals surface area contributed by atoms with Crippen LogP contribution in [0.3, 0.4) is 0 Å². The number of fused-ring (bicyclic) bond motifs is 6. The highest BCUT2D eigenvalue weighted by atomic mass is 32.4. The first-order valence-electron chi connectivity index (χ1n) is 12.7. The predicted octanol–water partition coefficient (Wildman–Crippen LogP) is 9.13. The van der Waals surface area contributed by atoms with E-state index in [1.165, 1.54) is 27.3 Å². The Labute approximate surface area is 228 Å². The van der Waals surface area contributed by atoms with E-state index in [1.807, 2.05) is 24.3 Å². The Morgan fingerprint density at radius 2 is 1.08 bits per heavy atom. The van der Waals surface area contributed by atoms with Crippen LogP contribution >= 0.6 is 14.4 Å². The molecule has 2 atom stereocenters. The molecule has 0 aromatic heterocycles. The van der Waals surface area contributed by atoms with Gasteiger partial charge in [-0.2, -0.15) is 0 Å². The van der Waals surface area contributed by atoms with Crippen molar-refractivity contribution in [1.29, 1.82) is 0 Å². The van der Waals surface area contributed by atoms with Gasteiger partial charge in [0.1, 0.15) is 25.9 Å². The molecule has 2 aliphatic heterocycles. The van der Waals surface area contributed by atoms with Crippen molar-refractivity contribution in [2.75, 3.05) is 0 Å². The summed E-state index contributed by atoms with van der Waals surface area (Å²) in [5.74, 6) is 1.96. The number of rotatable bonds is 0. The summed E-state index contributed by atoms with van der Waals surface area (Å²) in [6, 6.07) is 33.6. The third-order valence-electron chi connectivity index (χ3n) is 6.61. The minimum absolute atomic E-state index is 0.0496. The van der Waals surface area contributed by atoms with Gasteiger partial charge in [0.2, 0.25) is 0 Å². The molecular formula is C32H34O2P2S. The molecular weight excluding hydrogens is 510 g/mol. The van der Waals surface area contributed by atoms with Gasteiger partial charge in [-0.25, -0.2) is 0 Å². The van der Waals surface area contributed by atoms with Crippen LogP contribution in [0.25, 0.3) is 22.3 Å². The third kappa shape index (κ3) is 4.79. The molecule has 0 radical (unpaired) electrons. The number of benzene rings is 4. The summed E-state index contributed by atoms with van der Waals surface area (Å²) >= 11 is 6.01. The van der Waals surface area contributed by atoms with E-state index in [9.17, 15) is 0 Å². The van der Waals surface area contributed by atoms with E-state index in [4.69, 9.17) is 20.9 Å². The highest BCUT2D eigenvalue weighted by Crippen LogP contribution is 2.62. The average molecular weight is 545 g/mol. The van der Waals surface area contributed by atoms with Gasteiger partial charge in [-0.15, -0.1) is 0 Å². The quantitative estimate of drug-likeness (QED) is 0.206. The second-order valence-electron chi connectivity index (χ2n) is 11.4. The largest absolute Gasteiger partial charge is 0.468 e. The van der Waals surface area contributed by atoms with E-state index in [0.717, 1.165) is 17.1 Å². The van der Waals surface area contributed by atoms with Crippen LogP contribution in [-0.4, -0.2) is 10.3 Å². The van der Waals surface area contributed by atoms with Gasteiger partial charge in [0.25, 0.3) is 0 Å². The van der Waals surface area contributed by atoms with Crippen LogP contribution in [0.5, 0.6) is 11.5 Å². The Bertz CT molecular complexity index is 1500. The molecule has 0 bridgehead atoms. The SMILES string of the molecule is CC(C)(C)P1(=S)Oc2ccccc2-c2ccccc21.CC(C)(C)P1Oc2ccccc2-c2ccccc21. The molecule has 0 saturated heterocycles. The Morgan fingerprint density at radius 3 is 1.70 bits per heavy atom. The third-order valence-corrected chi connectivity index (χ3v) is 14.7. The minimum atomic E-state index is -2.09. The first-order chi connectivity index (χ1) is 17.5. The van der Waals surface area contributed by atoms with Gasteiger partial charge in [0.15, 0.2) is 0 Å². The smallest absolute Gasteiger partial charge is 0.148 e. The zero-order chi connectivity index (χ0) is 26.4. The van der Waals surface area contributed by atoms with Crippen LogP contribution < -0.4 is 19.7 Å². The van der Waals surface area contributed by atoms with Crippen molar-refractivity contribution in [3.05, 3.63) is 97.1 Å². The first kappa shape index (κ1) is 26.2. The van der Waals surface area contributed by atoms with Crippen LogP contribution in [0.15, 0.2) is 97.1 Å². The van der Waals surface area contributed by atoms with E-state index in [2.05, 4.69) is 114 Å². The van der Waals surface area contributed by atoms with E-state index in [1.54, 1.807) is 0 Å². The molecule has 2 unspecified atom stereocenters. The van der Waals surface area contributed by atoms with Gasteiger partial charge in [0.05, 0.1) is 0 Å². The lowest BCUT2D eigenvalue weighted by molar-refractivity contribution is 0.579. The molecule has 190 valence electrons. The summed E-state index contributed by atoms with van der Waals surface area (Å²) in [6.07, 6.45) is -2.09. The van der Waals surface area contributed by atoms with Crippen LogP contribution in [0.1, 0.15) is 41.5 Å². The predicted molar refractivity (Wildman–Crippen MR) is 165 cm³/mol. The highest BCUT2D eigenvalue weighted by molar-refractivity contribution is 8.16. The van der Waals surface area contributed by atoms with Gasteiger partial charge < -0.3 is 9.05 Å². The van der Waals surface area contributed by atoms with Gasteiger partial charge in [-0.3, -0.25) is 0 Å². The van der Waals surface area contributed by atoms with E-state index < -0.39 is 14.4 Å². The number of para-hydroxylation sites is 2. The maximum absolute atomic E-state index is 6.34. The molecule has 0 saturated carbocycles. The van der Waals surface area contributed by atoms with Crippen LogP contribution in [0.2, 0.25) is 0 Å². The molecule has 0 fully saturated rings. The molecule has 0 aliphatic carbocycles. The zero-order valence-corrected chi connectivity index (χ0v) is 25.0. The monoisotopic (exact) mass is 544 g/mol. The molecule has 0 spiro atoms. The molecule has 2 aliphatic rings. The van der Waals surface area contributed by atoms with Crippen LogP contribution in [0.4, 0.5) is 0 Å². The van der Waals surface area contributed by atoms with E-state index in [0.29, 0.717) is 0 Å². The highest BCUT2D eigenvalue weighted by Gasteiger charge is 2.41. The molecule has 4 aromatic carbocycles. The molecule has 2 nitrogen and oxygen atoms in total. The summed E-state index contributed by atoms with van der Waals surface area (Å²) < 4.78 is 12.6. The standard InChI is InChI=1S/C16H17OPS.C16H17OP/c1-16(2,3)18(19)15-11-7-5-9-13(15)12-8-4-6-10-14(12)17-18;1-16(2,3)18-15-11-7-5-9-13(15)12-8-4-6-10-14(12)17-18/h4-11H,1-3H3;4-11H,1-3H3. The van der Waals surface area contributed by atoms with Gasteiger partial charge in [-0.05, 0) is 41.1 Å². The van der Waals surface area contributed by atoms with Crippen molar-refractivity contribution in [3.8, 4) is 33.8 Å². The topological polar surface area (TPSA) is 18.5 Å². The summed E-state index contributed by atoms with van der Waals surface area (Å²) in [5, 5.41) is 2.67. The zero-order valence-electron chi connectivity index (χ0n) is 22.4. The number of hydrogen-bond acceptors (Lipinski definition) is 3. The van der Waals surface area contributed by atoms with E-state index in [-0.39, 0.29) is 10.3 Å². The van der Waals surface area contributed by atoms with Crippen LogP contribution in [-0.2, 0) is 11.8 Å². The molecule has 37 heavy (non-hydrogen) atoms. The first-order valence-corrected chi connectivity index (χ1v) is 16.6. The van der Waals surface area contributed by atoms with Crippen molar-refractivity contribution >= 4 is 36.8 Å². The van der Waals surface area contributed by atoms with Gasteiger partial charge in [-0.1, -0.05) is 120 Å². The fraction of sp³-hybridized carbons (Fsp3) is 0.250. The van der Waals surface area contributed by atoms with Crippen molar-refractivity contribution in [3.63, 3.8) is 0 Å². The summed E-state index contributed by atoms with van der Waals surface area (Å²) in [7, 11) is -0.615. The molecule has 0 amide bonds. The maximum Gasteiger partial charge on any atom is 0.148 e. The van der Waals surface area contributed by atoms with Gasteiger partial charge >= 0.3 is 0 Å². The summed E-state index contributed by atoms with van der Waals surface area (Å²) in [4.78, 5) is 0. The Kier molecular flexibility index (Phi) is 6.86. The molecule has 0 N–H and O–H groups in total. The van der Waals surface area contributed by atoms with Crippen molar-refractivity contribution in [2.24, 2.45) is 0 Å². The Hall–Kier alpha value is -2.44. The molecule has 5 heteroatoms. The maximum atomic E-state index is 6.34. The van der Waals surface area contributed by atoms with Crippen molar-refractivity contribution < 1.29 is 9.05 Å². The number of hydrogen-bond donors (Lipinski definition) is 0. The second kappa shape index (κ2) is 9.70. The summed E-state index contributed by atoms with van der Waals surface area (Å²) in [5.41, 5.74) is 4.95. The lowest BCUT2D eigenvalue weighted by atomic mass is 10.0.